The molecule has 0 aliphatic carbocycles. The third-order valence-corrected chi connectivity index (χ3v) is 5.77. The summed E-state index contributed by atoms with van der Waals surface area (Å²) in [5.74, 6) is 2.05. The molecule has 4 heteroatoms. The van der Waals surface area contributed by atoms with E-state index in [1.807, 2.05) is 6.07 Å². The first-order valence-corrected chi connectivity index (χ1v) is 10.7. The van der Waals surface area contributed by atoms with Crippen molar-refractivity contribution < 1.29 is 0 Å². The molecular weight excluding hydrogens is 338 g/mol. The molecule has 0 saturated heterocycles. The van der Waals surface area contributed by atoms with Crippen LogP contribution in [0.2, 0.25) is 0 Å². The van der Waals surface area contributed by atoms with Crippen LogP contribution in [0.25, 0.3) is 0 Å². The van der Waals surface area contributed by atoms with Crippen molar-refractivity contribution in [3.63, 3.8) is 0 Å². The topological polar surface area (TPSA) is 36.8 Å². The number of rotatable bonds is 8. The number of benzene rings is 2. The van der Waals surface area contributed by atoms with Crippen LogP contribution in [-0.4, -0.2) is 11.6 Å². The zero-order valence-electron chi connectivity index (χ0n) is 15.4. The second kappa shape index (κ2) is 10.1. The summed E-state index contributed by atoms with van der Waals surface area (Å²) in [7, 11) is -0.162. The summed E-state index contributed by atoms with van der Waals surface area (Å²) >= 11 is 0. The first-order valence-electron chi connectivity index (χ1n) is 9.36. The molecule has 0 spiro atoms. The Balaban J connectivity index is 1.74. The van der Waals surface area contributed by atoms with Crippen LogP contribution in [0.3, 0.4) is 0 Å². The molecule has 1 N–H and O–H groups in total. The fourth-order valence-corrected chi connectivity index (χ4v) is 4.29. The predicted octanol–water partition coefficient (Wildman–Crippen LogP) is 5.22. The van der Waals surface area contributed by atoms with E-state index >= 15 is 0 Å². The summed E-state index contributed by atoms with van der Waals surface area (Å²) in [5, 5.41) is 0. The van der Waals surface area contributed by atoms with Gasteiger partial charge in [0.25, 0.3) is 0 Å². The molecule has 1 aliphatic rings. The Morgan fingerprint density at radius 3 is 2.31 bits per heavy atom. The van der Waals surface area contributed by atoms with Crippen LogP contribution in [0.15, 0.2) is 81.8 Å². The molecule has 3 nitrogen and oxygen atoms in total. The van der Waals surface area contributed by atoms with Crippen LogP contribution < -0.4 is 4.72 Å². The van der Waals surface area contributed by atoms with Crippen molar-refractivity contribution in [2.24, 2.45) is 9.36 Å². The number of hydrogen-bond acceptors (Lipinski definition) is 2. The Bertz CT molecular complexity index is 780. The molecule has 0 fully saturated rings. The van der Waals surface area contributed by atoms with E-state index in [4.69, 9.17) is 9.36 Å². The van der Waals surface area contributed by atoms with Crippen LogP contribution in [0.5, 0.6) is 0 Å². The van der Waals surface area contributed by atoms with Gasteiger partial charge >= 0.3 is 0 Å². The van der Waals surface area contributed by atoms with Crippen molar-refractivity contribution in [2.45, 2.75) is 39.2 Å². The van der Waals surface area contributed by atoms with E-state index in [2.05, 4.69) is 72.3 Å². The SMILES string of the molecule is CCCCCS1=NC(Cc2ccccc2)=CC(=NCc2ccccc2)N1. The third kappa shape index (κ3) is 5.95. The fourth-order valence-electron chi connectivity index (χ4n) is 2.81. The zero-order chi connectivity index (χ0) is 18.0. The van der Waals surface area contributed by atoms with Gasteiger partial charge < -0.3 is 4.72 Å². The van der Waals surface area contributed by atoms with Gasteiger partial charge in [-0.3, -0.25) is 4.99 Å². The number of amidine groups is 1. The molecule has 1 aliphatic heterocycles. The van der Waals surface area contributed by atoms with Crippen molar-refractivity contribution in [3.05, 3.63) is 83.6 Å². The molecule has 2 aromatic rings. The van der Waals surface area contributed by atoms with Gasteiger partial charge in [0.2, 0.25) is 0 Å². The van der Waals surface area contributed by atoms with Gasteiger partial charge in [-0.2, -0.15) is 0 Å². The van der Waals surface area contributed by atoms with E-state index < -0.39 is 0 Å². The Labute approximate surface area is 159 Å². The van der Waals surface area contributed by atoms with Gasteiger partial charge in [-0.15, -0.1) is 0 Å². The average Bonchev–Trinajstić information content (AvgIpc) is 2.68. The third-order valence-electron chi connectivity index (χ3n) is 4.20. The van der Waals surface area contributed by atoms with Gasteiger partial charge in [0, 0.05) is 18.2 Å². The van der Waals surface area contributed by atoms with Gasteiger partial charge in [-0.1, -0.05) is 80.4 Å². The molecule has 0 saturated carbocycles. The molecule has 26 heavy (non-hydrogen) atoms. The number of nitrogens with zero attached hydrogens (tertiary/aromatic N) is 2. The Kier molecular flexibility index (Phi) is 7.20. The van der Waals surface area contributed by atoms with Crippen molar-refractivity contribution in [3.8, 4) is 0 Å². The molecular formula is C22H27N3S. The highest BCUT2D eigenvalue weighted by atomic mass is 32.2. The molecule has 2 aromatic carbocycles. The van der Waals surface area contributed by atoms with Gasteiger partial charge in [0.15, 0.2) is 0 Å². The van der Waals surface area contributed by atoms with E-state index in [9.17, 15) is 0 Å². The van der Waals surface area contributed by atoms with Gasteiger partial charge in [-0.25, -0.2) is 4.36 Å². The molecule has 0 bridgehead atoms. The number of nitrogens with one attached hydrogen (secondary N) is 1. The minimum absolute atomic E-state index is 0.162. The van der Waals surface area contributed by atoms with E-state index in [1.165, 1.54) is 30.4 Å². The smallest absolute Gasteiger partial charge is 0.133 e. The quantitative estimate of drug-likeness (QED) is 0.640. The standard InChI is InChI=1S/C22H27N3S/c1-2-3-10-15-26-24-21(16-19-11-6-4-7-12-19)17-22(25-26)23-18-20-13-8-5-9-14-20/h4-9,11-14,17H,2-3,10,15-16,18H2,1H3,(H,23,24,25). The highest BCUT2D eigenvalue weighted by molar-refractivity contribution is 7.86. The van der Waals surface area contributed by atoms with Gasteiger partial charge in [-0.05, 0) is 28.4 Å². The van der Waals surface area contributed by atoms with Crippen molar-refractivity contribution >= 4 is 16.7 Å². The lowest BCUT2D eigenvalue weighted by Crippen LogP contribution is -2.29. The Morgan fingerprint density at radius 1 is 0.923 bits per heavy atom. The van der Waals surface area contributed by atoms with Crippen molar-refractivity contribution in [1.29, 1.82) is 0 Å². The summed E-state index contributed by atoms with van der Waals surface area (Å²) in [6, 6.07) is 20.9. The second-order valence-corrected chi connectivity index (χ2v) is 7.98. The molecule has 0 radical (unpaired) electrons. The summed E-state index contributed by atoms with van der Waals surface area (Å²) in [4.78, 5) is 4.80. The second-order valence-electron chi connectivity index (χ2n) is 6.45. The lowest BCUT2D eigenvalue weighted by Gasteiger charge is -2.18. The number of hydrogen-bond donors (Lipinski definition) is 1. The normalized spacial score (nSPS) is 18.1. The van der Waals surface area contributed by atoms with Crippen LogP contribution in [-0.2, 0) is 23.8 Å². The maximum atomic E-state index is 4.95. The van der Waals surface area contributed by atoms with Crippen molar-refractivity contribution in [2.75, 3.05) is 5.75 Å². The van der Waals surface area contributed by atoms with E-state index in [-0.39, 0.29) is 10.9 Å². The summed E-state index contributed by atoms with van der Waals surface area (Å²) < 4.78 is 8.48. The summed E-state index contributed by atoms with van der Waals surface area (Å²) in [6.45, 7) is 2.94. The Morgan fingerprint density at radius 2 is 1.62 bits per heavy atom. The molecule has 1 unspecified atom stereocenters. The van der Waals surface area contributed by atoms with E-state index in [1.54, 1.807) is 0 Å². The van der Waals surface area contributed by atoms with Gasteiger partial charge in [0.05, 0.1) is 12.2 Å². The molecule has 136 valence electrons. The average molecular weight is 366 g/mol. The van der Waals surface area contributed by atoms with Crippen molar-refractivity contribution in [1.82, 2.24) is 4.72 Å². The van der Waals surface area contributed by atoms with Gasteiger partial charge in [0.1, 0.15) is 5.84 Å². The van der Waals surface area contributed by atoms with Crippen LogP contribution in [0.1, 0.15) is 37.3 Å². The minimum atomic E-state index is -0.162. The first-order chi connectivity index (χ1) is 12.8. The maximum absolute atomic E-state index is 4.95. The zero-order valence-corrected chi connectivity index (χ0v) is 16.2. The molecule has 1 atom stereocenters. The number of aliphatic imine (C=N–C) groups is 1. The maximum Gasteiger partial charge on any atom is 0.133 e. The van der Waals surface area contributed by atoms with Crippen LogP contribution >= 0.6 is 0 Å². The molecule has 3 rings (SSSR count). The monoisotopic (exact) mass is 365 g/mol. The molecule has 1 heterocycles. The number of unbranched alkanes of at least 4 members (excludes halogenated alkanes) is 2. The predicted molar refractivity (Wildman–Crippen MR) is 113 cm³/mol. The van der Waals surface area contributed by atoms with E-state index in [0.29, 0.717) is 6.54 Å². The van der Waals surface area contributed by atoms with E-state index in [0.717, 1.165) is 23.7 Å². The minimum Gasteiger partial charge on any atom is -0.306 e. The molecule has 0 amide bonds. The molecule has 0 aromatic heterocycles. The number of allylic oxidation sites excluding steroid dienone is 1. The fraction of sp³-hybridized carbons (Fsp3) is 0.318. The Hall–Kier alpha value is -2.20. The highest BCUT2D eigenvalue weighted by Gasteiger charge is 2.11. The lowest BCUT2D eigenvalue weighted by atomic mass is 10.1. The first kappa shape index (κ1) is 18.6. The largest absolute Gasteiger partial charge is 0.306 e. The highest BCUT2D eigenvalue weighted by Crippen LogP contribution is 2.15. The summed E-state index contributed by atoms with van der Waals surface area (Å²) in [6.07, 6.45) is 6.68. The summed E-state index contributed by atoms with van der Waals surface area (Å²) in [5.41, 5.74) is 3.65. The lowest BCUT2D eigenvalue weighted by molar-refractivity contribution is 0.776. The van der Waals surface area contributed by atoms with Crippen LogP contribution in [0, 0.1) is 0 Å². The van der Waals surface area contributed by atoms with Crippen LogP contribution in [0.4, 0.5) is 0 Å².